The molecule has 1 aliphatic rings. The van der Waals surface area contributed by atoms with Crippen LogP contribution in [0.2, 0.25) is 0 Å². The number of nitrogens with one attached hydrogen (secondary N) is 1. The van der Waals surface area contributed by atoms with Gasteiger partial charge in [-0.2, -0.15) is 0 Å². The zero-order valence-corrected chi connectivity index (χ0v) is 7.26. The number of hydrazine groups is 1. The summed E-state index contributed by atoms with van der Waals surface area (Å²) in [7, 11) is 3.77. The summed E-state index contributed by atoms with van der Waals surface area (Å²) in [5, 5.41) is 1.90. The first-order chi connectivity index (χ1) is 5.25. The Morgan fingerprint density at radius 1 is 1.55 bits per heavy atom. The van der Waals surface area contributed by atoms with E-state index in [0.29, 0.717) is 5.78 Å². The van der Waals surface area contributed by atoms with E-state index in [2.05, 4.69) is 5.43 Å². The first-order valence-corrected chi connectivity index (χ1v) is 4.18. The van der Waals surface area contributed by atoms with Gasteiger partial charge in [-0.3, -0.25) is 10.2 Å². The number of Topliss-reactive ketones (excluding diaryl/α,β-unsaturated/α-hetero) is 1. The molecule has 0 saturated heterocycles. The molecule has 1 atom stereocenters. The molecule has 0 bridgehead atoms. The molecule has 0 heterocycles. The third kappa shape index (κ3) is 2.01. The number of nitrogens with zero attached hydrogens (tertiary/aromatic N) is 1. The number of carbonyl (C=O) groups is 1. The monoisotopic (exact) mass is 156 g/mol. The van der Waals surface area contributed by atoms with E-state index in [4.69, 9.17) is 0 Å². The Labute approximate surface area is 67.7 Å². The standard InChI is InChI=1S/C8H16N2O/c1-9-10(2)7-5-3-4-6-8(7)11/h7,9H,3-6H2,1-2H3. The van der Waals surface area contributed by atoms with Crippen molar-refractivity contribution in [1.29, 1.82) is 0 Å². The summed E-state index contributed by atoms with van der Waals surface area (Å²) in [6.07, 6.45) is 4.03. The third-order valence-corrected chi connectivity index (χ3v) is 2.34. The summed E-state index contributed by atoms with van der Waals surface area (Å²) in [6.45, 7) is 0. The maximum atomic E-state index is 11.3. The molecule has 0 amide bonds. The number of ketones is 1. The van der Waals surface area contributed by atoms with E-state index in [1.54, 1.807) is 0 Å². The molecule has 11 heavy (non-hydrogen) atoms. The van der Waals surface area contributed by atoms with Crippen molar-refractivity contribution >= 4 is 5.78 Å². The summed E-state index contributed by atoms with van der Waals surface area (Å²) in [4.78, 5) is 11.3. The Bertz CT molecular complexity index is 147. The molecule has 1 N–H and O–H groups in total. The fourth-order valence-electron chi connectivity index (χ4n) is 1.53. The Hall–Kier alpha value is -0.410. The first-order valence-electron chi connectivity index (χ1n) is 4.18. The van der Waals surface area contributed by atoms with Gasteiger partial charge in [0.05, 0.1) is 6.04 Å². The molecule has 0 aromatic heterocycles. The summed E-state index contributed by atoms with van der Waals surface area (Å²) >= 11 is 0. The maximum absolute atomic E-state index is 11.3. The van der Waals surface area contributed by atoms with Gasteiger partial charge in [0.15, 0.2) is 5.78 Å². The number of likely N-dealkylation sites (N-methyl/N-ethyl adjacent to an activating group) is 1. The van der Waals surface area contributed by atoms with E-state index in [1.165, 1.54) is 6.42 Å². The van der Waals surface area contributed by atoms with Crippen LogP contribution in [0.4, 0.5) is 0 Å². The van der Waals surface area contributed by atoms with Gasteiger partial charge in [0, 0.05) is 13.5 Å². The summed E-state index contributed by atoms with van der Waals surface area (Å²) in [6, 6.07) is 0.119. The van der Waals surface area contributed by atoms with Gasteiger partial charge in [-0.15, -0.1) is 0 Å². The van der Waals surface area contributed by atoms with E-state index < -0.39 is 0 Å². The highest BCUT2D eigenvalue weighted by atomic mass is 16.1. The largest absolute Gasteiger partial charge is 0.298 e. The number of hydrogen-bond acceptors (Lipinski definition) is 3. The molecule has 64 valence electrons. The molecule has 1 saturated carbocycles. The van der Waals surface area contributed by atoms with Gasteiger partial charge in [-0.05, 0) is 19.9 Å². The highest BCUT2D eigenvalue weighted by Crippen LogP contribution is 2.17. The van der Waals surface area contributed by atoms with Crippen molar-refractivity contribution in [2.75, 3.05) is 14.1 Å². The SMILES string of the molecule is CNN(C)C1CCCCC1=O. The Morgan fingerprint density at radius 3 is 2.82 bits per heavy atom. The quantitative estimate of drug-likeness (QED) is 0.593. The molecule has 0 radical (unpaired) electrons. The van der Waals surface area contributed by atoms with E-state index in [1.807, 2.05) is 19.1 Å². The molecule has 3 nitrogen and oxygen atoms in total. The number of rotatable bonds is 2. The lowest BCUT2D eigenvalue weighted by Crippen LogP contribution is -2.46. The minimum atomic E-state index is 0.119. The third-order valence-electron chi connectivity index (χ3n) is 2.34. The molecule has 0 spiro atoms. The predicted octanol–water partition coefficient (Wildman–Crippen LogP) is 0.564. The van der Waals surface area contributed by atoms with Crippen LogP contribution in [0.3, 0.4) is 0 Å². The second-order valence-electron chi connectivity index (χ2n) is 3.06. The normalized spacial score (nSPS) is 26.1. The predicted molar refractivity (Wildman–Crippen MR) is 44.1 cm³/mol. The van der Waals surface area contributed by atoms with Crippen molar-refractivity contribution in [3.8, 4) is 0 Å². The molecule has 1 rings (SSSR count). The van der Waals surface area contributed by atoms with E-state index in [9.17, 15) is 4.79 Å². The minimum Gasteiger partial charge on any atom is -0.298 e. The molecule has 3 heteroatoms. The van der Waals surface area contributed by atoms with Crippen LogP contribution in [0.5, 0.6) is 0 Å². The molecular weight excluding hydrogens is 140 g/mol. The van der Waals surface area contributed by atoms with E-state index in [0.717, 1.165) is 19.3 Å². The van der Waals surface area contributed by atoms with Gasteiger partial charge in [0.25, 0.3) is 0 Å². The minimum absolute atomic E-state index is 0.119. The molecule has 0 aliphatic heterocycles. The average Bonchev–Trinajstić information content (AvgIpc) is 2.04. The summed E-state index contributed by atoms with van der Waals surface area (Å²) in [5.74, 6) is 0.383. The van der Waals surface area contributed by atoms with E-state index >= 15 is 0 Å². The fourth-order valence-corrected chi connectivity index (χ4v) is 1.53. The Balaban J connectivity index is 2.47. The van der Waals surface area contributed by atoms with E-state index in [-0.39, 0.29) is 6.04 Å². The van der Waals surface area contributed by atoms with Crippen LogP contribution in [0.1, 0.15) is 25.7 Å². The van der Waals surface area contributed by atoms with Crippen LogP contribution >= 0.6 is 0 Å². The maximum Gasteiger partial charge on any atom is 0.151 e. The van der Waals surface area contributed by atoms with Gasteiger partial charge < -0.3 is 0 Å². The second kappa shape index (κ2) is 3.83. The first kappa shape index (κ1) is 8.68. The number of carbonyl (C=O) groups excluding carboxylic acids is 1. The van der Waals surface area contributed by atoms with Crippen LogP contribution in [-0.4, -0.2) is 30.9 Å². The highest BCUT2D eigenvalue weighted by molar-refractivity contribution is 5.84. The summed E-state index contributed by atoms with van der Waals surface area (Å²) in [5.41, 5.74) is 2.98. The topological polar surface area (TPSA) is 32.3 Å². The molecule has 0 aromatic rings. The lowest BCUT2D eigenvalue weighted by atomic mass is 9.94. The van der Waals surface area contributed by atoms with Crippen molar-refractivity contribution < 1.29 is 4.79 Å². The Kier molecular flexibility index (Phi) is 3.02. The van der Waals surface area contributed by atoms with Gasteiger partial charge in [0.2, 0.25) is 0 Å². The lowest BCUT2D eigenvalue weighted by Gasteiger charge is -2.28. The second-order valence-corrected chi connectivity index (χ2v) is 3.06. The average molecular weight is 156 g/mol. The van der Waals surface area contributed by atoms with Crippen molar-refractivity contribution in [3.63, 3.8) is 0 Å². The zero-order chi connectivity index (χ0) is 8.27. The summed E-state index contributed by atoms with van der Waals surface area (Å²) < 4.78 is 0. The van der Waals surface area contributed by atoms with Crippen LogP contribution in [0, 0.1) is 0 Å². The fraction of sp³-hybridized carbons (Fsp3) is 0.875. The highest BCUT2D eigenvalue weighted by Gasteiger charge is 2.24. The lowest BCUT2D eigenvalue weighted by molar-refractivity contribution is -0.126. The van der Waals surface area contributed by atoms with Crippen LogP contribution < -0.4 is 5.43 Å². The molecule has 1 unspecified atom stereocenters. The van der Waals surface area contributed by atoms with Crippen molar-refractivity contribution in [2.24, 2.45) is 0 Å². The molecule has 1 aliphatic carbocycles. The molecular formula is C8H16N2O. The van der Waals surface area contributed by atoms with Crippen LogP contribution in [0.25, 0.3) is 0 Å². The smallest absolute Gasteiger partial charge is 0.151 e. The zero-order valence-electron chi connectivity index (χ0n) is 7.26. The molecule has 0 aromatic carbocycles. The van der Waals surface area contributed by atoms with Gasteiger partial charge in [0.1, 0.15) is 0 Å². The Morgan fingerprint density at radius 2 is 2.27 bits per heavy atom. The molecule has 1 fully saturated rings. The number of hydrogen-bond donors (Lipinski definition) is 1. The van der Waals surface area contributed by atoms with Crippen LogP contribution in [0.15, 0.2) is 0 Å². The van der Waals surface area contributed by atoms with Gasteiger partial charge in [-0.25, -0.2) is 5.01 Å². The van der Waals surface area contributed by atoms with Crippen molar-refractivity contribution in [1.82, 2.24) is 10.4 Å². The van der Waals surface area contributed by atoms with Crippen molar-refractivity contribution in [3.05, 3.63) is 0 Å². The van der Waals surface area contributed by atoms with Gasteiger partial charge in [-0.1, -0.05) is 6.42 Å². The van der Waals surface area contributed by atoms with Gasteiger partial charge >= 0.3 is 0 Å². The van der Waals surface area contributed by atoms with Crippen LogP contribution in [-0.2, 0) is 4.79 Å². The van der Waals surface area contributed by atoms with Crippen molar-refractivity contribution in [2.45, 2.75) is 31.7 Å².